The number of carbonyl (C=O) groups excluding carboxylic acids is 2. The Kier molecular flexibility index (Phi) is 7.05. The van der Waals surface area contributed by atoms with Crippen molar-refractivity contribution < 1.29 is 24.2 Å². The summed E-state index contributed by atoms with van der Waals surface area (Å²) in [6, 6.07) is 28.1. The number of benzene rings is 3. The first kappa shape index (κ1) is 22.6. The van der Waals surface area contributed by atoms with E-state index in [9.17, 15) is 14.7 Å². The summed E-state index contributed by atoms with van der Waals surface area (Å²) in [5, 5.41) is 9.57. The Hall–Kier alpha value is -3.64. The molecule has 0 saturated carbocycles. The average Bonchev–Trinajstić information content (AvgIpc) is 3.15. The number of aliphatic hydroxyl groups excluding tert-OH is 1. The van der Waals surface area contributed by atoms with Crippen molar-refractivity contribution in [3.8, 4) is 0 Å². The zero-order chi connectivity index (χ0) is 23.1. The zero-order valence-corrected chi connectivity index (χ0v) is 18.3. The molecule has 1 fully saturated rings. The topological polar surface area (TPSA) is 76.1 Å². The molecule has 1 amide bonds. The third kappa shape index (κ3) is 4.91. The summed E-state index contributed by atoms with van der Waals surface area (Å²) in [5.41, 5.74) is 1.12. The van der Waals surface area contributed by atoms with Crippen molar-refractivity contribution >= 4 is 12.1 Å². The third-order valence-electron chi connectivity index (χ3n) is 5.87. The van der Waals surface area contributed by atoms with Gasteiger partial charge in [-0.15, -0.1) is 0 Å². The lowest BCUT2D eigenvalue weighted by Gasteiger charge is -2.35. The largest absolute Gasteiger partial charge is 0.444 e. The van der Waals surface area contributed by atoms with Gasteiger partial charge in [0.2, 0.25) is 6.23 Å². The minimum atomic E-state index is -1.29. The number of amides is 1. The normalized spacial score (nSPS) is 19.8. The van der Waals surface area contributed by atoms with E-state index in [0.717, 1.165) is 11.1 Å². The molecule has 0 aromatic heterocycles. The minimum absolute atomic E-state index is 0.0767. The summed E-state index contributed by atoms with van der Waals surface area (Å²) >= 11 is 0. The number of nitrogens with zero attached hydrogens (tertiary/aromatic N) is 1. The molecule has 170 valence electrons. The number of esters is 1. The Labute approximate surface area is 193 Å². The van der Waals surface area contributed by atoms with E-state index in [2.05, 4.69) is 0 Å². The molecule has 3 aromatic rings. The van der Waals surface area contributed by atoms with Crippen LogP contribution in [0.15, 0.2) is 91.0 Å². The molecule has 3 aromatic carbocycles. The number of ether oxygens (including phenoxy) is 2. The first-order valence-electron chi connectivity index (χ1n) is 11.0. The molecule has 1 aliphatic heterocycles. The maximum atomic E-state index is 13.5. The smallest absolute Gasteiger partial charge is 0.414 e. The Bertz CT molecular complexity index is 1060. The van der Waals surface area contributed by atoms with Gasteiger partial charge in [-0.1, -0.05) is 91.0 Å². The van der Waals surface area contributed by atoms with Crippen molar-refractivity contribution in [2.45, 2.75) is 37.6 Å². The number of aliphatic hydroxyl groups is 1. The van der Waals surface area contributed by atoms with Gasteiger partial charge in [-0.25, -0.2) is 9.59 Å². The SMILES string of the molecule is O=C(OCc1ccccc1)N1[C@H](c2ccccc2)OC(=O)[C@]1(CCCO)Cc1ccccc1. The van der Waals surface area contributed by atoms with Crippen LogP contribution in [-0.2, 0) is 27.3 Å². The van der Waals surface area contributed by atoms with E-state index in [4.69, 9.17) is 9.47 Å². The number of rotatable bonds is 8. The highest BCUT2D eigenvalue weighted by atomic mass is 16.6. The summed E-state index contributed by atoms with van der Waals surface area (Å²) in [6.45, 7) is -0.0278. The van der Waals surface area contributed by atoms with E-state index in [-0.39, 0.29) is 26.1 Å². The molecular formula is C27H27NO5. The number of hydrogen-bond donors (Lipinski definition) is 1. The molecule has 2 atom stereocenters. The van der Waals surface area contributed by atoms with Gasteiger partial charge in [-0.05, 0) is 24.0 Å². The highest BCUT2D eigenvalue weighted by molar-refractivity contribution is 5.89. The summed E-state index contributed by atoms with van der Waals surface area (Å²) in [7, 11) is 0. The Morgan fingerprint density at radius 1 is 0.909 bits per heavy atom. The van der Waals surface area contributed by atoms with E-state index < -0.39 is 23.8 Å². The molecule has 1 heterocycles. The monoisotopic (exact) mass is 445 g/mol. The van der Waals surface area contributed by atoms with Gasteiger partial charge in [0.05, 0.1) is 0 Å². The molecule has 0 radical (unpaired) electrons. The third-order valence-corrected chi connectivity index (χ3v) is 5.87. The Morgan fingerprint density at radius 3 is 2.09 bits per heavy atom. The van der Waals surface area contributed by atoms with Crippen LogP contribution in [-0.4, -0.2) is 34.2 Å². The highest BCUT2D eigenvalue weighted by Crippen LogP contribution is 2.43. The highest BCUT2D eigenvalue weighted by Gasteiger charge is 2.58. The van der Waals surface area contributed by atoms with Crippen molar-refractivity contribution in [3.05, 3.63) is 108 Å². The maximum Gasteiger partial charge on any atom is 0.414 e. The maximum absolute atomic E-state index is 13.5. The van der Waals surface area contributed by atoms with Gasteiger partial charge in [0.25, 0.3) is 0 Å². The van der Waals surface area contributed by atoms with Crippen LogP contribution in [0.3, 0.4) is 0 Å². The molecule has 33 heavy (non-hydrogen) atoms. The molecule has 6 heteroatoms. The lowest BCUT2D eigenvalue weighted by molar-refractivity contribution is -0.145. The van der Waals surface area contributed by atoms with Crippen LogP contribution in [0.2, 0.25) is 0 Å². The summed E-state index contributed by atoms with van der Waals surface area (Å²) in [5.74, 6) is -0.495. The Morgan fingerprint density at radius 2 is 1.48 bits per heavy atom. The molecule has 0 unspecified atom stereocenters. The fourth-order valence-corrected chi connectivity index (χ4v) is 4.25. The van der Waals surface area contributed by atoms with Crippen molar-refractivity contribution in [2.24, 2.45) is 0 Å². The Balaban J connectivity index is 1.72. The van der Waals surface area contributed by atoms with Crippen molar-refractivity contribution in [1.82, 2.24) is 4.90 Å². The van der Waals surface area contributed by atoms with Crippen molar-refractivity contribution in [1.29, 1.82) is 0 Å². The van der Waals surface area contributed by atoms with Crippen LogP contribution >= 0.6 is 0 Å². The molecule has 0 bridgehead atoms. The molecule has 6 nitrogen and oxygen atoms in total. The van der Waals surface area contributed by atoms with Gasteiger partial charge in [-0.3, -0.25) is 4.90 Å². The number of carbonyl (C=O) groups is 2. The minimum Gasteiger partial charge on any atom is -0.444 e. The van der Waals surface area contributed by atoms with Crippen molar-refractivity contribution in [3.63, 3.8) is 0 Å². The molecule has 4 rings (SSSR count). The molecule has 0 spiro atoms. The summed E-state index contributed by atoms with van der Waals surface area (Å²) in [6.07, 6.45) is -0.694. The lowest BCUT2D eigenvalue weighted by Crippen LogP contribution is -2.53. The van der Waals surface area contributed by atoms with Gasteiger partial charge in [-0.2, -0.15) is 0 Å². The standard InChI is InChI=1S/C27H27NO5/c29-18-10-17-27(19-21-11-4-1-5-12-21)25(30)33-24(23-15-8-3-9-16-23)28(27)26(31)32-20-22-13-6-2-7-14-22/h1-9,11-16,24,29H,10,17-20H2/t24-,27-/m0/s1. The second kappa shape index (κ2) is 10.3. The van der Waals surface area contributed by atoms with Crippen LogP contribution in [0.5, 0.6) is 0 Å². The van der Waals surface area contributed by atoms with E-state index in [1.165, 1.54) is 4.90 Å². The fraction of sp³-hybridized carbons (Fsp3) is 0.259. The molecular weight excluding hydrogens is 418 g/mol. The zero-order valence-electron chi connectivity index (χ0n) is 18.3. The van der Waals surface area contributed by atoms with Crippen LogP contribution in [0.4, 0.5) is 4.79 Å². The van der Waals surface area contributed by atoms with Crippen LogP contribution in [0, 0.1) is 0 Å². The van der Waals surface area contributed by atoms with E-state index in [0.29, 0.717) is 12.0 Å². The van der Waals surface area contributed by atoms with E-state index in [1.54, 1.807) is 0 Å². The number of cyclic esters (lactones) is 1. The predicted molar refractivity (Wildman–Crippen MR) is 123 cm³/mol. The second-order valence-corrected chi connectivity index (χ2v) is 8.10. The van der Waals surface area contributed by atoms with Gasteiger partial charge in [0.1, 0.15) is 6.61 Å². The lowest BCUT2D eigenvalue weighted by atomic mass is 9.85. The fourth-order valence-electron chi connectivity index (χ4n) is 4.25. The van der Waals surface area contributed by atoms with E-state index in [1.807, 2.05) is 91.0 Å². The molecule has 1 saturated heterocycles. The summed E-state index contributed by atoms with van der Waals surface area (Å²) < 4.78 is 11.5. The first-order valence-corrected chi connectivity index (χ1v) is 11.0. The quantitative estimate of drug-likeness (QED) is 0.512. The van der Waals surface area contributed by atoms with Crippen LogP contribution in [0.1, 0.15) is 35.8 Å². The summed E-state index contributed by atoms with van der Waals surface area (Å²) in [4.78, 5) is 28.4. The van der Waals surface area contributed by atoms with Gasteiger partial charge in [0, 0.05) is 18.6 Å². The average molecular weight is 446 g/mol. The van der Waals surface area contributed by atoms with Crippen LogP contribution in [0.25, 0.3) is 0 Å². The van der Waals surface area contributed by atoms with Gasteiger partial charge in [0.15, 0.2) is 5.54 Å². The molecule has 1 N–H and O–H groups in total. The van der Waals surface area contributed by atoms with Gasteiger partial charge < -0.3 is 14.6 Å². The van der Waals surface area contributed by atoms with E-state index >= 15 is 0 Å². The predicted octanol–water partition coefficient (Wildman–Crippen LogP) is 4.63. The first-order chi connectivity index (χ1) is 16.1. The molecule has 0 aliphatic carbocycles. The number of hydrogen-bond acceptors (Lipinski definition) is 5. The van der Waals surface area contributed by atoms with Gasteiger partial charge >= 0.3 is 12.1 Å². The van der Waals surface area contributed by atoms with Crippen LogP contribution < -0.4 is 0 Å². The second-order valence-electron chi connectivity index (χ2n) is 8.10. The van der Waals surface area contributed by atoms with Crippen molar-refractivity contribution in [2.75, 3.05) is 6.61 Å². The molecule has 1 aliphatic rings.